The van der Waals surface area contributed by atoms with Crippen LogP contribution in [0, 0.1) is 0 Å². The Morgan fingerprint density at radius 1 is 1.19 bits per heavy atom. The average molecular weight is 365 g/mol. The van der Waals surface area contributed by atoms with Crippen molar-refractivity contribution in [3.8, 4) is 22.9 Å². The average Bonchev–Trinajstić information content (AvgIpc) is 3.39. The lowest BCUT2D eigenvalue weighted by Gasteiger charge is -2.22. The number of amides is 1. The molecule has 140 valence electrons. The summed E-state index contributed by atoms with van der Waals surface area (Å²) < 4.78 is 12.3. The first-order valence-electron chi connectivity index (χ1n) is 9.34. The van der Waals surface area contributed by atoms with Crippen LogP contribution in [-0.4, -0.2) is 28.8 Å². The van der Waals surface area contributed by atoms with Crippen LogP contribution in [0.15, 0.2) is 53.1 Å². The fraction of sp³-hybridized carbons (Fsp3) is 0.333. The second kappa shape index (κ2) is 7.70. The minimum absolute atomic E-state index is 0.108. The van der Waals surface area contributed by atoms with Crippen molar-refractivity contribution >= 4 is 5.91 Å². The number of hydrogen-bond acceptors (Lipinski definition) is 4. The van der Waals surface area contributed by atoms with Crippen molar-refractivity contribution in [2.45, 2.75) is 38.1 Å². The number of carbonyl (C=O) groups excluding carboxylic acids is 1. The van der Waals surface area contributed by atoms with Crippen molar-refractivity contribution in [2.75, 3.05) is 7.11 Å². The van der Waals surface area contributed by atoms with Gasteiger partial charge in [0.1, 0.15) is 17.1 Å². The van der Waals surface area contributed by atoms with Crippen LogP contribution in [0.2, 0.25) is 0 Å². The standard InChI is InChI=1S/C21H23N3O3/c1-26-17-11-9-16(10-12-17)24-19(14-18(23-24)20-8-5-13-27-20)21(25)22-15-6-3-2-4-7-15/h5,8-15H,2-4,6-7H2,1H3,(H,22,25). The molecule has 3 aromatic rings. The molecule has 1 amide bonds. The van der Waals surface area contributed by atoms with E-state index in [-0.39, 0.29) is 11.9 Å². The first kappa shape index (κ1) is 17.4. The molecule has 4 rings (SSSR count). The fourth-order valence-corrected chi connectivity index (χ4v) is 3.51. The predicted molar refractivity (Wildman–Crippen MR) is 102 cm³/mol. The van der Waals surface area contributed by atoms with E-state index >= 15 is 0 Å². The third kappa shape index (κ3) is 3.74. The van der Waals surface area contributed by atoms with Crippen LogP contribution < -0.4 is 10.1 Å². The van der Waals surface area contributed by atoms with Crippen LogP contribution in [0.1, 0.15) is 42.6 Å². The van der Waals surface area contributed by atoms with E-state index in [0.29, 0.717) is 17.1 Å². The summed E-state index contributed by atoms with van der Waals surface area (Å²) in [6, 6.07) is 13.1. The molecular formula is C21H23N3O3. The molecule has 0 saturated heterocycles. The monoisotopic (exact) mass is 365 g/mol. The zero-order valence-corrected chi connectivity index (χ0v) is 15.4. The molecule has 0 atom stereocenters. The molecule has 6 nitrogen and oxygen atoms in total. The van der Waals surface area contributed by atoms with Gasteiger partial charge in [0.2, 0.25) is 0 Å². The molecule has 2 aromatic heterocycles. The normalized spacial score (nSPS) is 14.9. The zero-order valence-electron chi connectivity index (χ0n) is 15.4. The molecule has 0 spiro atoms. The number of hydrogen-bond donors (Lipinski definition) is 1. The van der Waals surface area contributed by atoms with Crippen LogP contribution in [0.25, 0.3) is 17.1 Å². The summed E-state index contributed by atoms with van der Waals surface area (Å²) in [5.74, 6) is 1.28. The number of rotatable bonds is 5. The first-order valence-corrected chi connectivity index (χ1v) is 9.34. The van der Waals surface area contributed by atoms with Gasteiger partial charge in [0.15, 0.2) is 5.76 Å². The largest absolute Gasteiger partial charge is 0.497 e. The second-order valence-corrected chi connectivity index (χ2v) is 6.81. The molecule has 1 saturated carbocycles. The lowest BCUT2D eigenvalue weighted by molar-refractivity contribution is 0.0920. The van der Waals surface area contributed by atoms with Gasteiger partial charge in [0, 0.05) is 12.1 Å². The highest BCUT2D eigenvalue weighted by molar-refractivity contribution is 5.94. The van der Waals surface area contributed by atoms with Crippen LogP contribution in [0.5, 0.6) is 5.75 Å². The van der Waals surface area contributed by atoms with Gasteiger partial charge in [-0.1, -0.05) is 19.3 Å². The van der Waals surface area contributed by atoms with Gasteiger partial charge >= 0.3 is 0 Å². The summed E-state index contributed by atoms with van der Waals surface area (Å²) in [5, 5.41) is 7.79. The maximum Gasteiger partial charge on any atom is 0.270 e. The van der Waals surface area contributed by atoms with E-state index in [1.807, 2.05) is 36.4 Å². The Morgan fingerprint density at radius 2 is 1.96 bits per heavy atom. The number of furan rings is 1. The number of nitrogens with zero attached hydrogens (tertiary/aromatic N) is 2. The van der Waals surface area contributed by atoms with Crippen LogP contribution in [0.3, 0.4) is 0 Å². The topological polar surface area (TPSA) is 69.3 Å². The maximum atomic E-state index is 13.0. The van der Waals surface area contributed by atoms with E-state index in [1.165, 1.54) is 19.3 Å². The highest BCUT2D eigenvalue weighted by Crippen LogP contribution is 2.24. The first-order chi connectivity index (χ1) is 13.2. The summed E-state index contributed by atoms with van der Waals surface area (Å²) in [6.07, 6.45) is 7.25. The van der Waals surface area contributed by atoms with Crippen molar-refractivity contribution in [1.82, 2.24) is 15.1 Å². The number of aromatic nitrogens is 2. The molecule has 0 unspecified atom stereocenters. The Hall–Kier alpha value is -3.02. The summed E-state index contributed by atoms with van der Waals surface area (Å²) >= 11 is 0. The molecule has 2 heterocycles. The molecule has 0 radical (unpaired) electrons. The summed E-state index contributed by atoms with van der Waals surface area (Å²) in [7, 11) is 1.63. The molecular weight excluding hydrogens is 342 g/mol. The zero-order chi connectivity index (χ0) is 18.6. The van der Waals surface area contributed by atoms with Crippen LogP contribution in [-0.2, 0) is 0 Å². The van der Waals surface area contributed by atoms with Gasteiger partial charge in [-0.25, -0.2) is 4.68 Å². The Morgan fingerprint density at radius 3 is 2.63 bits per heavy atom. The van der Waals surface area contributed by atoms with E-state index in [1.54, 1.807) is 24.1 Å². The Kier molecular flexibility index (Phi) is 4.96. The Labute approximate surface area is 158 Å². The SMILES string of the molecule is COc1ccc(-n2nc(-c3ccco3)cc2C(=O)NC2CCCCC2)cc1. The third-order valence-electron chi connectivity index (χ3n) is 4.97. The number of carbonyl (C=O) groups is 1. The van der Waals surface area contributed by atoms with Crippen molar-refractivity contribution in [1.29, 1.82) is 0 Å². The molecule has 1 aliphatic carbocycles. The highest BCUT2D eigenvalue weighted by atomic mass is 16.5. The van der Waals surface area contributed by atoms with Crippen LogP contribution in [0.4, 0.5) is 0 Å². The smallest absolute Gasteiger partial charge is 0.270 e. The minimum atomic E-state index is -0.108. The number of methoxy groups -OCH3 is 1. The van der Waals surface area contributed by atoms with Gasteiger partial charge in [-0.15, -0.1) is 0 Å². The molecule has 1 aromatic carbocycles. The van der Waals surface area contributed by atoms with Crippen LogP contribution >= 0.6 is 0 Å². The molecule has 6 heteroatoms. The van der Waals surface area contributed by atoms with Gasteiger partial charge in [0.25, 0.3) is 5.91 Å². The van der Waals surface area contributed by atoms with Gasteiger partial charge < -0.3 is 14.5 Å². The molecule has 1 aliphatic rings. The maximum absolute atomic E-state index is 13.0. The second-order valence-electron chi connectivity index (χ2n) is 6.81. The number of ether oxygens (including phenoxy) is 1. The minimum Gasteiger partial charge on any atom is -0.497 e. The predicted octanol–water partition coefficient (Wildman–Crippen LogP) is 4.20. The summed E-state index contributed by atoms with van der Waals surface area (Å²) in [5.41, 5.74) is 1.92. The molecule has 1 fully saturated rings. The molecule has 0 bridgehead atoms. The van der Waals surface area contributed by atoms with Crippen molar-refractivity contribution in [3.63, 3.8) is 0 Å². The lowest BCUT2D eigenvalue weighted by atomic mass is 9.95. The van der Waals surface area contributed by atoms with Gasteiger partial charge in [-0.3, -0.25) is 4.79 Å². The third-order valence-corrected chi connectivity index (χ3v) is 4.97. The van der Waals surface area contributed by atoms with E-state index < -0.39 is 0 Å². The van der Waals surface area contributed by atoms with E-state index in [0.717, 1.165) is 24.3 Å². The Bertz CT molecular complexity index is 891. The van der Waals surface area contributed by atoms with E-state index in [4.69, 9.17) is 9.15 Å². The summed E-state index contributed by atoms with van der Waals surface area (Å²) in [6.45, 7) is 0. The quantitative estimate of drug-likeness (QED) is 0.735. The molecule has 1 N–H and O–H groups in total. The van der Waals surface area contributed by atoms with E-state index in [9.17, 15) is 4.79 Å². The lowest BCUT2D eigenvalue weighted by Crippen LogP contribution is -2.37. The Balaban J connectivity index is 1.68. The van der Waals surface area contributed by atoms with Gasteiger partial charge in [0.05, 0.1) is 19.1 Å². The number of nitrogens with one attached hydrogen (secondary N) is 1. The van der Waals surface area contributed by atoms with Crippen molar-refractivity contribution in [2.24, 2.45) is 0 Å². The molecule has 27 heavy (non-hydrogen) atoms. The summed E-state index contributed by atoms with van der Waals surface area (Å²) in [4.78, 5) is 13.0. The van der Waals surface area contributed by atoms with Crippen molar-refractivity contribution < 1.29 is 13.9 Å². The van der Waals surface area contributed by atoms with Crippen molar-refractivity contribution in [3.05, 3.63) is 54.4 Å². The fourth-order valence-electron chi connectivity index (χ4n) is 3.51. The van der Waals surface area contributed by atoms with Gasteiger partial charge in [-0.05, 0) is 49.2 Å². The number of benzene rings is 1. The van der Waals surface area contributed by atoms with E-state index in [2.05, 4.69) is 10.4 Å². The van der Waals surface area contributed by atoms with Gasteiger partial charge in [-0.2, -0.15) is 5.10 Å². The molecule has 0 aliphatic heterocycles. The highest BCUT2D eigenvalue weighted by Gasteiger charge is 2.22.